The van der Waals surface area contributed by atoms with Crippen molar-refractivity contribution in [3.63, 3.8) is 0 Å². The number of hydrogen-bond acceptors (Lipinski definition) is 2. The highest BCUT2D eigenvalue weighted by Crippen LogP contribution is 2.26. The third kappa shape index (κ3) is 3.22. The molecule has 1 aromatic carbocycles. The first-order valence-corrected chi connectivity index (χ1v) is 6.79. The van der Waals surface area contributed by atoms with E-state index in [-0.39, 0.29) is 6.10 Å². The van der Waals surface area contributed by atoms with Crippen molar-refractivity contribution in [3.8, 4) is 0 Å². The van der Waals surface area contributed by atoms with Crippen LogP contribution < -0.4 is 4.90 Å². The summed E-state index contributed by atoms with van der Waals surface area (Å²) in [6.07, 6.45) is 4.52. The smallest absolute Gasteiger partial charge is 0.0585 e. The molecule has 2 atom stereocenters. The summed E-state index contributed by atoms with van der Waals surface area (Å²) in [5, 5.41) is 10.0. The van der Waals surface area contributed by atoms with Crippen molar-refractivity contribution in [1.82, 2.24) is 0 Å². The predicted molar refractivity (Wildman–Crippen MR) is 72.3 cm³/mol. The molecule has 1 aliphatic carbocycles. The Morgan fingerprint density at radius 2 is 1.88 bits per heavy atom. The van der Waals surface area contributed by atoms with Crippen LogP contribution in [0.4, 0.5) is 5.69 Å². The van der Waals surface area contributed by atoms with Crippen LogP contribution in [-0.2, 0) is 0 Å². The van der Waals surface area contributed by atoms with E-state index in [0.29, 0.717) is 5.92 Å². The number of anilines is 1. The topological polar surface area (TPSA) is 23.5 Å². The lowest BCUT2D eigenvalue weighted by Gasteiger charge is -2.33. The van der Waals surface area contributed by atoms with Gasteiger partial charge >= 0.3 is 0 Å². The third-order valence-corrected chi connectivity index (χ3v) is 3.83. The van der Waals surface area contributed by atoms with Gasteiger partial charge in [0.1, 0.15) is 0 Å². The molecular weight excluding hydrogens is 210 g/mol. The Labute approximate surface area is 104 Å². The molecule has 2 heteroatoms. The van der Waals surface area contributed by atoms with Gasteiger partial charge in [0.25, 0.3) is 0 Å². The summed E-state index contributed by atoms with van der Waals surface area (Å²) in [4.78, 5) is 2.37. The van der Waals surface area contributed by atoms with Gasteiger partial charge in [-0.3, -0.25) is 0 Å². The highest BCUT2D eigenvalue weighted by atomic mass is 16.3. The second kappa shape index (κ2) is 6.06. The summed E-state index contributed by atoms with van der Waals surface area (Å²) in [6.45, 7) is 4.18. The molecule has 1 aliphatic rings. The summed E-state index contributed by atoms with van der Waals surface area (Å²) in [5.41, 5.74) is 1.27. The van der Waals surface area contributed by atoms with Gasteiger partial charge in [-0.15, -0.1) is 0 Å². The van der Waals surface area contributed by atoms with Crippen LogP contribution >= 0.6 is 0 Å². The number of aliphatic hydroxyl groups excluding tert-OH is 1. The summed E-state index contributed by atoms with van der Waals surface area (Å²) < 4.78 is 0. The van der Waals surface area contributed by atoms with E-state index in [2.05, 4.69) is 36.1 Å². The van der Waals surface area contributed by atoms with Crippen molar-refractivity contribution in [2.45, 2.75) is 38.7 Å². The standard InChI is InChI=1S/C15H23NO/c1-2-16(14-9-4-3-5-10-14)12-13-8-6-7-11-15(13)17/h3-5,9-10,13,15,17H,2,6-8,11-12H2,1H3. The van der Waals surface area contributed by atoms with E-state index >= 15 is 0 Å². The second-order valence-electron chi connectivity index (χ2n) is 4.99. The van der Waals surface area contributed by atoms with Crippen molar-refractivity contribution in [2.24, 2.45) is 5.92 Å². The van der Waals surface area contributed by atoms with Crippen LogP contribution in [0.2, 0.25) is 0 Å². The Bertz CT molecular complexity index is 325. The molecule has 1 N–H and O–H groups in total. The van der Waals surface area contributed by atoms with Crippen LogP contribution in [0.3, 0.4) is 0 Å². The average molecular weight is 233 g/mol. The number of para-hydroxylation sites is 1. The minimum atomic E-state index is -0.0958. The van der Waals surface area contributed by atoms with E-state index < -0.39 is 0 Å². The van der Waals surface area contributed by atoms with Gasteiger partial charge in [-0.1, -0.05) is 31.0 Å². The Morgan fingerprint density at radius 1 is 1.18 bits per heavy atom. The maximum atomic E-state index is 10.0. The van der Waals surface area contributed by atoms with E-state index in [0.717, 1.165) is 19.5 Å². The molecule has 0 aromatic heterocycles. The predicted octanol–water partition coefficient (Wildman–Crippen LogP) is 3.06. The number of nitrogens with zero attached hydrogens (tertiary/aromatic N) is 1. The zero-order valence-electron chi connectivity index (χ0n) is 10.7. The number of hydrogen-bond donors (Lipinski definition) is 1. The molecule has 0 saturated heterocycles. The lowest BCUT2D eigenvalue weighted by Crippen LogP contribution is -2.36. The van der Waals surface area contributed by atoms with Gasteiger partial charge in [0.15, 0.2) is 0 Å². The molecular formula is C15H23NO. The van der Waals surface area contributed by atoms with E-state index in [1.54, 1.807) is 0 Å². The third-order valence-electron chi connectivity index (χ3n) is 3.83. The lowest BCUT2D eigenvalue weighted by molar-refractivity contribution is 0.0732. The minimum Gasteiger partial charge on any atom is -0.393 e. The number of aliphatic hydroxyl groups is 1. The first-order valence-electron chi connectivity index (χ1n) is 6.79. The first kappa shape index (κ1) is 12.4. The van der Waals surface area contributed by atoms with Crippen molar-refractivity contribution in [2.75, 3.05) is 18.0 Å². The Kier molecular flexibility index (Phi) is 4.43. The van der Waals surface area contributed by atoms with Crippen LogP contribution in [0.5, 0.6) is 0 Å². The van der Waals surface area contributed by atoms with Gasteiger partial charge in [0, 0.05) is 24.7 Å². The first-order chi connectivity index (χ1) is 8.31. The van der Waals surface area contributed by atoms with Gasteiger partial charge < -0.3 is 10.0 Å². The SMILES string of the molecule is CCN(CC1CCCCC1O)c1ccccc1. The zero-order valence-corrected chi connectivity index (χ0v) is 10.7. The number of rotatable bonds is 4. The summed E-state index contributed by atoms with van der Waals surface area (Å²) in [6, 6.07) is 10.5. The van der Waals surface area contributed by atoms with Crippen LogP contribution in [-0.4, -0.2) is 24.3 Å². The van der Waals surface area contributed by atoms with Crippen molar-refractivity contribution >= 4 is 5.69 Å². The summed E-state index contributed by atoms with van der Waals surface area (Å²) in [7, 11) is 0. The summed E-state index contributed by atoms with van der Waals surface area (Å²) in [5.74, 6) is 0.448. The van der Waals surface area contributed by atoms with Crippen molar-refractivity contribution in [1.29, 1.82) is 0 Å². The monoisotopic (exact) mass is 233 g/mol. The molecule has 0 bridgehead atoms. The molecule has 0 aliphatic heterocycles. The molecule has 2 unspecified atom stereocenters. The van der Waals surface area contributed by atoms with Gasteiger partial charge in [-0.05, 0) is 31.9 Å². The molecule has 1 aromatic rings. The zero-order chi connectivity index (χ0) is 12.1. The van der Waals surface area contributed by atoms with Crippen LogP contribution in [0.25, 0.3) is 0 Å². The highest BCUT2D eigenvalue weighted by molar-refractivity contribution is 5.45. The largest absolute Gasteiger partial charge is 0.393 e. The van der Waals surface area contributed by atoms with Crippen molar-refractivity contribution < 1.29 is 5.11 Å². The second-order valence-corrected chi connectivity index (χ2v) is 4.99. The fourth-order valence-corrected chi connectivity index (χ4v) is 2.74. The molecule has 0 amide bonds. The summed E-state index contributed by atoms with van der Waals surface area (Å²) >= 11 is 0. The van der Waals surface area contributed by atoms with E-state index in [1.165, 1.54) is 24.9 Å². The molecule has 0 heterocycles. The van der Waals surface area contributed by atoms with Gasteiger partial charge in [0.2, 0.25) is 0 Å². The number of benzene rings is 1. The molecule has 2 rings (SSSR count). The van der Waals surface area contributed by atoms with Gasteiger partial charge in [-0.25, -0.2) is 0 Å². The Morgan fingerprint density at radius 3 is 2.53 bits per heavy atom. The normalized spacial score (nSPS) is 24.6. The van der Waals surface area contributed by atoms with Crippen LogP contribution in [0, 0.1) is 5.92 Å². The Balaban J connectivity index is 1.99. The fraction of sp³-hybridized carbons (Fsp3) is 0.600. The molecule has 17 heavy (non-hydrogen) atoms. The van der Waals surface area contributed by atoms with Crippen LogP contribution in [0.1, 0.15) is 32.6 Å². The highest BCUT2D eigenvalue weighted by Gasteiger charge is 2.24. The van der Waals surface area contributed by atoms with Crippen molar-refractivity contribution in [3.05, 3.63) is 30.3 Å². The van der Waals surface area contributed by atoms with Gasteiger partial charge in [-0.2, -0.15) is 0 Å². The van der Waals surface area contributed by atoms with Gasteiger partial charge in [0.05, 0.1) is 6.10 Å². The maximum Gasteiger partial charge on any atom is 0.0585 e. The Hall–Kier alpha value is -1.02. The van der Waals surface area contributed by atoms with E-state index in [1.807, 2.05) is 6.07 Å². The average Bonchev–Trinajstić information content (AvgIpc) is 2.39. The van der Waals surface area contributed by atoms with E-state index in [9.17, 15) is 5.11 Å². The molecule has 0 spiro atoms. The lowest BCUT2D eigenvalue weighted by atomic mass is 9.86. The fourth-order valence-electron chi connectivity index (χ4n) is 2.74. The van der Waals surface area contributed by atoms with E-state index in [4.69, 9.17) is 0 Å². The molecule has 1 saturated carbocycles. The molecule has 1 fully saturated rings. The molecule has 2 nitrogen and oxygen atoms in total. The quantitative estimate of drug-likeness (QED) is 0.864. The molecule has 94 valence electrons. The minimum absolute atomic E-state index is 0.0958. The van der Waals surface area contributed by atoms with Crippen LogP contribution in [0.15, 0.2) is 30.3 Å². The molecule has 0 radical (unpaired) electrons. The maximum absolute atomic E-state index is 10.0.